The third-order valence-corrected chi connectivity index (χ3v) is 2.21. The van der Waals surface area contributed by atoms with Crippen LogP contribution in [0, 0.1) is 0 Å². The predicted molar refractivity (Wildman–Crippen MR) is 64.0 cm³/mol. The van der Waals surface area contributed by atoms with E-state index in [4.69, 9.17) is 5.53 Å². The fourth-order valence-corrected chi connectivity index (χ4v) is 1.25. The van der Waals surface area contributed by atoms with Crippen LogP contribution < -0.4 is 10.6 Å². The van der Waals surface area contributed by atoms with Gasteiger partial charge in [0.25, 0.3) is 0 Å². The maximum Gasteiger partial charge on any atom is 0.221 e. The average Bonchev–Trinajstić information content (AvgIpc) is 2.21. The highest BCUT2D eigenvalue weighted by molar-refractivity contribution is 5.75. The minimum atomic E-state index is -0.371. The summed E-state index contributed by atoms with van der Waals surface area (Å²) in [5.74, 6) is 0.0518. The molecule has 0 bridgehead atoms. The number of nitrogens with one attached hydrogen (secondary N) is 2. The summed E-state index contributed by atoms with van der Waals surface area (Å²) in [5.41, 5.74) is 7.95. The molecule has 0 aliphatic carbocycles. The molecule has 0 aliphatic rings. The number of carbonyl (C=O) groups is 1. The van der Waals surface area contributed by atoms with Gasteiger partial charge in [-0.05, 0) is 25.4 Å². The standard InChI is InChI=1S/C10H21N5O/c1-10(2,14-15-11)6-4-7-13-9(16)5-8-12-3/h12H,4-8H2,1-3H3,(H,13,16). The third kappa shape index (κ3) is 8.08. The van der Waals surface area contributed by atoms with Gasteiger partial charge < -0.3 is 10.6 Å². The first kappa shape index (κ1) is 14.7. The molecule has 0 aromatic rings. The van der Waals surface area contributed by atoms with E-state index in [-0.39, 0.29) is 11.4 Å². The van der Waals surface area contributed by atoms with Crippen molar-refractivity contribution in [3.8, 4) is 0 Å². The van der Waals surface area contributed by atoms with E-state index < -0.39 is 0 Å². The molecule has 0 spiro atoms. The Kier molecular flexibility index (Phi) is 7.33. The lowest BCUT2D eigenvalue weighted by atomic mass is 10.00. The highest BCUT2D eigenvalue weighted by Gasteiger charge is 2.14. The molecule has 0 saturated heterocycles. The number of hydrogen-bond donors (Lipinski definition) is 2. The lowest BCUT2D eigenvalue weighted by Gasteiger charge is -2.17. The Hall–Kier alpha value is -1.26. The van der Waals surface area contributed by atoms with Gasteiger partial charge in [-0.25, -0.2) is 0 Å². The smallest absolute Gasteiger partial charge is 0.221 e. The summed E-state index contributed by atoms with van der Waals surface area (Å²) in [6.45, 7) is 5.09. The first-order chi connectivity index (χ1) is 7.52. The van der Waals surface area contributed by atoms with Crippen LogP contribution in [0.5, 0.6) is 0 Å². The number of amides is 1. The van der Waals surface area contributed by atoms with Gasteiger partial charge in [0.1, 0.15) is 0 Å². The minimum Gasteiger partial charge on any atom is -0.356 e. The molecule has 0 fully saturated rings. The molecule has 0 saturated carbocycles. The van der Waals surface area contributed by atoms with Crippen LogP contribution in [0.1, 0.15) is 33.1 Å². The van der Waals surface area contributed by atoms with Crippen LogP contribution in [0.25, 0.3) is 10.4 Å². The maximum absolute atomic E-state index is 11.2. The Bertz CT molecular complexity index is 258. The summed E-state index contributed by atoms with van der Waals surface area (Å²) < 4.78 is 0. The van der Waals surface area contributed by atoms with Crippen LogP contribution in [-0.4, -0.2) is 31.6 Å². The number of nitrogens with zero attached hydrogens (tertiary/aromatic N) is 3. The Morgan fingerprint density at radius 1 is 1.44 bits per heavy atom. The molecule has 2 N–H and O–H groups in total. The summed E-state index contributed by atoms with van der Waals surface area (Å²) in [5, 5.41) is 9.41. The van der Waals surface area contributed by atoms with Gasteiger partial charge in [0, 0.05) is 30.0 Å². The maximum atomic E-state index is 11.2. The largest absolute Gasteiger partial charge is 0.356 e. The SMILES string of the molecule is CNCCC(=O)NCCCC(C)(C)N=[N+]=[N-]. The zero-order chi connectivity index (χ0) is 12.4. The summed E-state index contributed by atoms with van der Waals surface area (Å²) in [6.07, 6.45) is 2.08. The van der Waals surface area contributed by atoms with Crippen LogP contribution >= 0.6 is 0 Å². The van der Waals surface area contributed by atoms with Crippen molar-refractivity contribution in [1.82, 2.24) is 10.6 Å². The lowest BCUT2D eigenvalue weighted by Crippen LogP contribution is -2.28. The molecule has 0 radical (unpaired) electrons. The van der Waals surface area contributed by atoms with Crippen LogP contribution in [0.15, 0.2) is 5.11 Å². The van der Waals surface area contributed by atoms with Crippen molar-refractivity contribution < 1.29 is 4.79 Å². The highest BCUT2D eigenvalue weighted by atomic mass is 16.1. The van der Waals surface area contributed by atoms with Crippen molar-refractivity contribution in [1.29, 1.82) is 0 Å². The molecule has 0 aromatic carbocycles. The van der Waals surface area contributed by atoms with Gasteiger partial charge in [0.2, 0.25) is 5.91 Å². The first-order valence-corrected chi connectivity index (χ1v) is 5.49. The van der Waals surface area contributed by atoms with Gasteiger partial charge in [-0.3, -0.25) is 4.79 Å². The summed E-state index contributed by atoms with van der Waals surface area (Å²) in [7, 11) is 1.82. The predicted octanol–water partition coefficient (Wildman–Crippen LogP) is 1.58. The lowest BCUT2D eigenvalue weighted by molar-refractivity contribution is -0.121. The van der Waals surface area contributed by atoms with Gasteiger partial charge in [-0.2, -0.15) is 0 Å². The first-order valence-electron chi connectivity index (χ1n) is 5.49. The second-order valence-electron chi connectivity index (χ2n) is 4.31. The van der Waals surface area contributed by atoms with E-state index >= 15 is 0 Å². The fraction of sp³-hybridized carbons (Fsp3) is 0.900. The topological polar surface area (TPSA) is 89.9 Å². The Morgan fingerprint density at radius 2 is 2.12 bits per heavy atom. The molecule has 0 aromatic heterocycles. The van der Waals surface area contributed by atoms with Crippen LogP contribution in [0.3, 0.4) is 0 Å². The van der Waals surface area contributed by atoms with E-state index in [1.807, 2.05) is 20.9 Å². The van der Waals surface area contributed by atoms with E-state index in [2.05, 4.69) is 20.7 Å². The van der Waals surface area contributed by atoms with Gasteiger partial charge in [-0.15, -0.1) is 0 Å². The molecule has 16 heavy (non-hydrogen) atoms. The van der Waals surface area contributed by atoms with Crippen molar-refractivity contribution in [3.63, 3.8) is 0 Å². The molecule has 0 aliphatic heterocycles. The van der Waals surface area contributed by atoms with E-state index in [1.54, 1.807) is 0 Å². The third-order valence-electron chi connectivity index (χ3n) is 2.21. The average molecular weight is 227 g/mol. The summed E-state index contributed by atoms with van der Waals surface area (Å²) >= 11 is 0. The Labute approximate surface area is 96.4 Å². The number of hydrogen-bond acceptors (Lipinski definition) is 3. The van der Waals surface area contributed by atoms with E-state index in [9.17, 15) is 4.79 Å². The minimum absolute atomic E-state index is 0.0518. The molecule has 92 valence electrons. The number of carbonyl (C=O) groups excluding carboxylic acids is 1. The molecule has 6 nitrogen and oxygen atoms in total. The van der Waals surface area contributed by atoms with Gasteiger partial charge >= 0.3 is 0 Å². The Morgan fingerprint density at radius 3 is 2.69 bits per heavy atom. The second kappa shape index (κ2) is 7.96. The fourth-order valence-electron chi connectivity index (χ4n) is 1.25. The zero-order valence-electron chi connectivity index (χ0n) is 10.3. The monoisotopic (exact) mass is 227 g/mol. The van der Waals surface area contributed by atoms with E-state index in [1.165, 1.54) is 0 Å². The van der Waals surface area contributed by atoms with E-state index in [0.29, 0.717) is 19.5 Å². The zero-order valence-corrected chi connectivity index (χ0v) is 10.3. The Balaban J connectivity index is 3.60. The van der Waals surface area contributed by atoms with Crippen molar-refractivity contribution in [2.45, 2.75) is 38.6 Å². The molecule has 0 rings (SSSR count). The molecule has 6 heteroatoms. The van der Waals surface area contributed by atoms with Crippen molar-refractivity contribution in [2.75, 3.05) is 20.1 Å². The second-order valence-corrected chi connectivity index (χ2v) is 4.31. The van der Waals surface area contributed by atoms with Gasteiger partial charge in [0.05, 0.1) is 0 Å². The molecule has 0 heterocycles. The normalized spacial score (nSPS) is 10.7. The van der Waals surface area contributed by atoms with Gasteiger partial charge in [-0.1, -0.05) is 19.0 Å². The summed E-state index contributed by atoms with van der Waals surface area (Å²) in [4.78, 5) is 14.0. The molecule has 0 unspecified atom stereocenters. The number of azide groups is 1. The summed E-state index contributed by atoms with van der Waals surface area (Å²) in [6, 6.07) is 0. The van der Waals surface area contributed by atoms with E-state index in [0.717, 1.165) is 12.8 Å². The molecule has 0 atom stereocenters. The number of rotatable bonds is 8. The van der Waals surface area contributed by atoms with Crippen molar-refractivity contribution in [3.05, 3.63) is 10.4 Å². The quantitative estimate of drug-likeness (QED) is 0.285. The highest BCUT2D eigenvalue weighted by Crippen LogP contribution is 2.15. The molecular weight excluding hydrogens is 206 g/mol. The van der Waals surface area contributed by atoms with Crippen LogP contribution in [0.2, 0.25) is 0 Å². The van der Waals surface area contributed by atoms with Gasteiger partial charge in [0.15, 0.2) is 0 Å². The molecule has 1 amide bonds. The van der Waals surface area contributed by atoms with Crippen molar-refractivity contribution in [2.24, 2.45) is 5.11 Å². The van der Waals surface area contributed by atoms with Crippen LogP contribution in [-0.2, 0) is 4.79 Å². The van der Waals surface area contributed by atoms with Crippen molar-refractivity contribution >= 4 is 5.91 Å². The van der Waals surface area contributed by atoms with Crippen LogP contribution in [0.4, 0.5) is 0 Å². The molecular formula is C10H21N5O.